The molecule has 2 rings (SSSR count). The molecular weight excluding hydrogens is 462 g/mol. The highest BCUT2D eigenvalue weighted by molar-refractivity contribution is 9.10. The molecule has 0 aliphatic carbocycles. The summed E-state index contributed by atoms with van der Waals surface area (Å²) in [5.41, 5.74) is 1.21. The van der Waals surface area contributed by atoms with E-state index in [-0.39, 0.29) is 5.41 Å². The molecule has 2 aromatic rings. The third-order valence-corrected chi connectivity index (χ3v) is 6.43. The Bertz CT molecular complexity index is 591. The van der Waals surface area contributed by atoms with E-state index in [2.05, 4.69) is 89.9 Å². The number of hydrogen-bond acceptors (Lipinski definition) is 2. The van der Waals surface area contributed by atoms with Gasteiger partial charge in [-0.15, -0.1) is 0 Å². The molecule has 0 fully saturated rings. The smallest absolute Gasteiger partial charge is 0.138 e. The number of nitrogens with zero attached hydrogens (tertiary/aromatic N) is 3. The summed E-state index contributed by atoms with van der Waals surface area (Å²) in [4.78, 5) is 4.47. The first-order valence-electron chi connectivity index (χ1n) is 6.79. The quantitative estimate of drug-likeness (QED) is 0.552. The van der Waals surface area contributed by atoms with Crippen LogP contribution in [0.4, 0.5) is 0 Å². The number of aromatic nitrogens is 3. The van der Waals surface area contributed by atoms with Crippen LogP contribution < -0.4 is 0 Å². The Kier molecular flexibility index (Phi) is 6.03. The molecule has 21 heavy (non-hydrogen) atoms. The number of halogens is 3. The van der Waals surface area contributed by atoms with E-state index in [1.165, 1.54) is 5.56 Å². The first-order chi connectivity index (χ1) is 10.0. The molecule has 114 valence electrons. The SMILES string of the molecule is CC(C)n1ncnc1CC(CBr)(CBr)c1ccccc1Br. The lowest BCUT2D eigenvalue weighted by molar-refractivity contribution is 0.459. The van der Waals surface area contributed by atoms with Crippen LogP contribution in [0, 0.1) is 0 Å². The molecule has 0 atom stereocenters. The molecule has 0 saturated heterocycles. The van der Waals surface area contributed by atoms with Crippen molar-refractivity contribution in [1.29, 1.82) is 0 Å². The predicted octanol–water partition coefficient (Wildman–Crippen LogP) is 4.89. The van der Waals surface area contributed by atoms with Crippen molar-refractivity contribution in [2.75, 3.05) is 10.7 Å². The average Bonchev–Trinajstić information content (AvgIpc) is 2.94. The van der Waals surface area contributed by atoms with Gasteiger partial charge in [-0.2, -0.15) is 5.10 Å². The molecule has 0 radical (unpaired) electrons. The van der Waals surface area contributed by atoms with Crippen molar-refractivity contribution >= 4 is 47.8 Å². The number of benzene rings is 1. The van der Waals surface area contributed by atoms with E-state index >= 15 is 0 Å². The van der Waals surface area contributed by atoms with Crippen LogP contribution in [0.5, 0.6) is 0 Å². The lowest BCUT2D eigenvalue weighted by Gasteiger charge is -2.31. The minimum atomic E-state index is -0.0697. The van der Waals surface area contributed by atoms with Crippen LogP contribution in [0.1, 0.15) is 31.3 Å². The molecule has 1 aromatic carbocycles. The van der Waals surface area contributed by atoms with Crippen molar-refractivity contribution in [2.45, 2.75) is 31.7 Å². The lowest BCUT2D eigenvalue weighted by atomic mass is 9.81. The van der Waals surface area contributed by atoms with Crippen LogP contribution in [0.3, 0.4) is 0 Å². The fourth-order valence-electron chi connectivity index (χ4n) is 2.40. The van der Waals surface area contributed by atoms with Gasteiger partial charge in [-0.05, 0) is 25.5 Å². The monoisotopic (exact) mass is 477 g/mol. The summed E-state index contributed by atoms with van der Waals surface area (Å²) in [6, 6.07) is 8.68. The second-order valence-electron chi connectivity index (χ2n) is 5.42. The molecule has 0 spiro atoms. The van der Waals surface area contributed by atoms with E-state index in [9.17, 15) is 0 Å². The Hall–Kier alpha value is -0.200. The van der Waals surface area contributed by atoms with Crippen LogP contribution in [0.25, 0.3) is 0 Å². The van der Waals surface area contributed by atoms with Gasteiger partial charge >= 0.3 is 0 Å². The van der Waals surface area contributed by atoms with Gasteiger partial charge in [0.1, 0.15) is 12.2 Å². The summed E-state index contributed by atoms with van der Waals surface area (Å²) in [7, 11) is 0. The highest BCUT2D eigenvalue weighted by Gasteiger charge is 2.34. The van der Waals surface area contributed by atoms with Crippen molar-refractivity contribution < 1.29 is 0 Å². The van der Waals surface area contributed by atoms with Crippen LogP contribution in [0.2, 0.25) is 0 Å². The summed E-state index contributed by atoms with van der Waals surface area (Å²) >= 11 is 11.1. The number of alkyl halides is 2. The van der Waals surface area contributed by atoms with Gasteiger partial charge in [0.2, 0.25) is 0 Å². The molecule has 0 bridgehead atoms. The largest absolute Gasteiger partial charge is 0.248 e. The third-order valence-electron chi connectivity index (χ3n) is 3.59. The van der Waals surface area contributed by atoms with Crippen LogP contribution in [-0.2, 0) is 11.8 Å². The fourth-order valence-corrected chi connectivity index (χ4v) is 5.03. The summed E-state index contributed by atoms with van der Waals surface area (Å²) in [5, 5.41) is 6.04. The summed E-state index contributed by atoms with van der Waals surface area (Å²) in [6.45, 7) is 4.25. The number of hydrogen-bond donors (Lipinski definition) is 0. The highest BCUT2D eigenvalue weighted by Crippen LogP contribution is 2.36. The van der Waals surface area contributed by atoms with E-state index in [0.29, 0.717) is 6.04 Å². The first kappa shape index (κ1) is 17.2. The predicted molar refractivity (Wildman–Crippen MR) is 97.5 cm³/mol. The topological polar surface area (TPSA) is 30.7 Å². The normalized spacial score (nSPS) is 12.1. The fraction of sp³-hybridized carbons (Fsp3) is 0.467. The van der Waals surface area contributed by atoms with Gasteiger partial charge in [0, 0.05) is 33.0 Å². The van der Waals surface area contributed by atoms with Crippen LogP contribution in [0.15, 0.2) is 35.1 Å². The van der Waals surface area contributed by atoms with Gasteiger partial charge in [-0.1, -0.05) is 66.0 Å². The molecule has 0 amide bonds. The molecule has 0 unspecified atom stereocenters. The minimum Gasteiger partial charge on any atom is -0.248 e. The molecule has 0 aliphatic rings. The zero-order valence-electron chi connectivity index (χ0n) is 12.1. The molecule has 0 saturated carbocycles. The highest BCUT2D eigenvalue weighted by atomic mass is 79.9. The number of rotatable bonds is 6. The maximum Gasteiger partial charge on any atom is 0.138 e. The van der Waals surface area contributed by atoms with E-state index in [0.717, 1.165) is 27.4 Å². The van der Waals surface area contributed by atoms with Gasteiger partial charge in [-0.3, -0.25) is 0 Å². The maximum absolute atomic E-state index is 4.47. The van der Waals surface area contributed by atoms with Crippen molar-refractivity contribution in [1.82, 2.24) is 14.8 Å². The van der Waals surface area contributed by atoms with E-state index in [1.54, 1.807) is 6.33 Å². The van der Waals surface area contributed by atoms with Crippen LogP contribution >= 0.6 is 47.8 Å². The van der Waals surface area contributed by atoms with Crippen LogP contribution in [-0.4, -0.2) is 25.4 Å². The zero-order chi connectivity index (χ0) is 15.5. The van der Waals surface area contributed by atoms with Crippen molar-refractivity contribution in [3.63, 3.8) is 0 Å². The van der Waals surface area contributed by atoms with Gasteiger partial charge in [0.15, 0.2) is 0 Å². The van der Waals surface area contributed by atoms with E-state index < -0.39 is 0 Å². The molecule has 1 aromatic heterocycles. The second kappa shape index (κ2) is 7.38. The van der Waals surface area contributed by atoms with E-state index in [4.69, 9.17) is 0 Å². The Morgan fingerprint density at radius 3 is 2.43 bits per heavy atom. The van der Waals surface area contributed by atoms with Gasteiger partial charge in [0.05, 0.1) is 0 Å². The van der Waals surface area contributed by atoms with Gasteiger partial charge in [0.25, 0.3) is 0 Å². The average molecular weight is 480 g/mol. The first-order valence-corrected chi connectivity index (χ1v) is 9.83. The molecule has 6 heteroatoms. The molecule has 0 N–H and O–H groups in total. The lowest BCUT2D eigenvalue weighted by Crippen LogP contribution is -2.34. The third kappa shape index (κ3) is 3.59. The molecule has 3 nitrogen and oxygen atoms in total. The Morgan fingerprint density at radius 2 is 1.86 bits per heavy atom. The molecular formula is C15H18Br3N3. The minimum absolute atomic E-state index is 0.0697. The standard InChI is InChI=1S/C15H18Br3N3/c1-11(2)21-14(19-10-20-21)7-15(8-16,9-17)12-5-3-4-6-13(12)18/h3-6,10-11H,7-9H2,1-2H3. The Labute approximate surface area is 150 Å². The molecule has 1 heterocycles. The summed E-state index contributed by atoms with van der Waals surface area (Å²) < 4.78 is 3.12. The van der Waals surface area contributed by atoms with Crippen molar-refractivity contribution in [3.05, 3.63) is 46.5 Å². The zero-order valence-corrected chi connectivity index (χ0v) is 16.8. The van der Waals surface area contributed by atoms with Crippen molar-refractivity contribution in [3.8, 4) is 0 Å². The maximum atomic E-state index is 4.47. The molecule has 0 aliphatic heterocycles. The second-order valence-corrected chi connectivity index (χ2v) is 7.39. The van der Waals surface area contributed by atoms with Crippen molar-refractivity contribution in [2.24, 2.45) is 0 Å². The van der Waals surface area contributed by atoms with E-state index in [1.807, 2.05) is 10.7 Å². The van der Waals surface area contributed by atoms with Gasteiger partial charge in [-0.25, -0.2) is 9.67 Å². The Balaban J connectivity index is 2.44. The van der Waals surface area contributed by atoms with Gasteiger partial charge < -0.3 is 0 Å². The summed E-state index contributed by atoms with van der Waals surface area (Å²) in [6.07, 6.45) is 2.47. The Morgan fingerprint density at radius 1 is 1.19 bits per heavy atom. The summed E-state index contributed by atoms with van der Waals surface area (Å²) in [5.74, 6) is 1.01.